The topological polar surface area (TPSA) is 45.1 Å². The van der Waals surface area contributed by atoms with Gasteiger partial charge in [0.1, 0.15) is 5.82 Å². The molecule has 2 atom stereocenters. The van der Waals surface area contributed by atoms with E-state index in [1.54, 1.807) is 6.20 Å². The predicted octanol–water partition coefficient (Wildman–Crippen LogP) is 1.86. The van der Waals surface area contributed by atoms with Crippen LogP contribution in [-0.2, 0) is 6.54 Å². The SMILES string of the molecule is OC1CCCCC1CNCc1cncc(F)c1. The molecular formula is C13H19FN2O. The highest BCUT2D eigenvalue weighted by Crippen LogP contribution is 2.23. The molecule has 1 fully saturated rings. The summed E-state index contributed by atoms with van der Waals surface area (Å²) in [5, 5.41) is 13.1. The van der Waals surface area contributed by atoms with Crippen LogP contribution in [0, 0.1) is 11.7 Å². The van der Waals surface area contributed by atoms with E-state index in [0.29, 0.717) is 12.5 Å². The van der Waals surface area contributed by atoms with Gasteiger partial charge < -0.3 is 10.4 Å². The maximum Gasteiger partial charge on any atom is 0.141 e. The van der Waals surface area contributed by atoms with Crippen molar-refractivity contribution in [2.45, 2.75) is 38.3 Å². The number of aromatic nitrogens is 1. The molecule has 0 aromatic carbocycles. The number of nitrogens with zero attached hydrogens (tertiary/aromatic N) is 1. The lowest BCUT2D eigenvalue weighted by atomic mass is 9.86. The summed E-state index contributed by atoms with van der Waals surface area (Å²) in [6, 6.07) is 1.48. The number of aliphatic hydroxyl groups excluding tert-OH is 1. The summed E-state index contributed by atoms with van der Waals surface area (Å²) in [6.45, 7) is 1.39. The Labute approximate surface area is 101 Å². The molecule has 2 unspecified atom stereocenters. The highest BCUT2D eigenvalue weighted by atomic mass is 19.1. The van der Waals surface area contributed by atoms with Gasteiger partial charge in [0.05, 0.1) is 12.3 Å². The van der Waals surface area contributed by atoms with Crippen LogP contribution >= 0.6 is 0 Å². The first-order chi connectivity index (χ1) is 8.25. The van der Waals surface area contributed by atoms with Crippen molar-refractivity contribution in [3.8, 4) is 0 Å². The summed E-state index contributed by atoms with van der Waals surface area (Å²) in [5.74, 6) is 0.0345. The molecular weight excluding hydrogens is 219 g/mol. The maximum atomic E-state index is 12.9. The fraction of sp³-hybridized carbons (Fsp3) is 0.615. The Morgan fingerprint density at radius 2 is 2.18 bits per heavy atom. The van der Waals surface area contributed by atoms with Crippen molar-refractivity contribution in [2.24, 2.45) is 5.92 Å². The molecule has 0 radical (unpaired) electrons. The van der Waals surface area contributed by atoms with E-state index in [0.717, 1.165) is 31.4 Å². The van der Waals surface area contributed by atoms with Crippen molar-refractivity contribution in [3.05, 3.63) is 29.8 Å². The minimum atomic E-state index is -0.304. The molecule has 1 heterocycles. The number of aliphatic hydroxyl groups is 1. The van der Waals surface area contributed by atoms with Gasteiger partial charge in [-0.3, -0.25) is 4.98 Å². The summed E-state index contributed by atoms with van der Waals surface area (Å²) in [5.41, 5.74) is 0.843. The Hall–Kier alpha value is -1.00. The van der Waals surface area contributed by atoms with Gasteiger partial charge in [0.15, 0.2) is 0 Å². The molecule has 1 aliphatic carbocycles. The van der Waals surface area contributed by atoms with Crippen LogP contribution in [0.4, 0.5) is 4.39 Å². The summed E-state index contributed by atoms with van der Waals surface area (Å²) in [6.07, 6.45) is 7.00. The normalized spacial score (nSPS) is 24.8. The first-order valence-electron chi connectivity index (χ1n) is 6.24. The Morgan fingerprint density at radius 3 is 2.94 bits per heavy atom. The lowest BCUT2D eigenvalue weighted by Gasteiger charge is -2.27. The molecule has 0 saturated heterocycles. The zero-order valence-electron chi connectivity index (χ0n) is 9.90. The molecule has 1 aliphatic rings. The van der Waals surface area contributed by atoms with Crippen molar-refractivity contribution >= 4 is 0 Å². The van der Waals surface area contributed by atoms with Gasteiger partial charge in [-0.25, -0.2) is 4.39 Å². The number of nitrogens with one attached hydrogen (secondary N) is 1. The number of halogens is 1. The van der Waals surface area contributed by atoms with Crippen LogP contribution in [-0.4, -0.2) is 22.7 Å². The van der Waals surface area contributed by atoms with Crippen LogP contribution < -0.4 is 5.32 Å². The van der Waals surface area contributed by atoms with Gasteiger partial charge in [-0.2, -0.15) is 0 Å². The first-order valence-corrected chi connectivity index (χ1v) is 6.24. The van der Waals surface area contributed by atoms with Crippen LogP contribution in [0.3, 0.4) is 0 Å². The minimum Gasteiger partial charge on any atom is -0.393 e. The van der Waals surface area contributed by atoms with Gasteiger partial charge in [-0.1, -0.05) is 12.8 Å². The van der Waals surface area contributed by atoms with Crippen molar-refractivity contribution in [1.29, 1.82) is 0 Å². The van der Waals surface area contributed by atoms with Crippen LogP contribution in [0.5, 0.6) is 0 Å². The van der Waals surface area contributed by atoms with Gasteiger partial charge in [-0.15, -0.1) is 0 Å². The van der Waals surface area contributed by atoms with Gasteiger partial charge in [0, 0.05) is 19.3 Å². The Kier molecular flexibility index (Phi) is 4.45. The molecule has 0 aliphatic heterocycles. The predicted molar refractivity (Wildman–Crippen MR) is 63.9 cm³/mol. The monoisotopic (exact) mass is 238 g/mol. The molecule has 1 saturated carbocycles. The lowest BCUT2D eigenvalue weighted by Crippen LogP contribution is -2.33. The average Bonchev–Trinajstić information content (AvgIpc) is 2.32. The number of pyridine rings is 1. The van der Waals surface area contributed by atoms with E-state index >= 15 is 0 Å². The molecule has 0 amide bonds. The second kappa shape index (κ2) is 6.07. The number of rotatable bonds is 4. The average molecular weight is 238 g/mol. The van der Waals surface area contributed by atoms with E-state index in [1.807, 2.05) is 0 Å². The van der Waals surface area contributed by atoms with E-state index < -0.39 is 0 Å². The highest BCUT2D eigenvalue weighted by Gasteiger charge is 2.22. The quantitative estimate of drug-likeness (QED) is 0.841. The van der Waals surface area contributed by atoms with Gasteiger partial charge >= 0.3 is 0 Å². The molecule has 2 N–H and O–H groups in total. The molecule has 2 rings (SSSR count). The van der Waals surface area contributed by atoms with Crippen molar-refractivity contribution < 1.29 is 9.50 Å². The van der Waals surface area contributed by atoms with E-state index in [4.69, 9.17) is 0 Å². The molecule has 1 aromatic heterocycles. The first kappa shape index (κ1) is 12.5. The summed E-state index contributed by atoms with van der Waals surface area (Å²) in [4.78, 5) is 3.80. The summed E-state index contributed by atoms with van der Waals surface area (Å²) in [7, 11) is 0. The fourth-order valence-electron chi connectivity index (χ4n) is 2.38. The summed E-state index contributed by atoms with van der Waals surface area (Å²) >= 11 is 0. The lowest BCUT2D eigenvalue weighted by molar-refractivity contribution is 0.0695. The largest absolute Gasteiger partial charge is 0.393 e. The molecule has 94 valence electrons. The molecule has 17 heavy (non-hydrogen) atoms. The van der Waals surface area contributed by atoms with E-state index in [1.165, 1.54) is 18.7 Å². The van der Waals surface area contributed by atoms with Crippen LogP contribution in [0.15, 0.2) is 18.5 Å². The third-order valence-electron chi connectivity index (χ3n) is 3.37. The Bertz CT molecular complexity index is 359. The van der Waals surface area contributed by atoms with Gasteiger partial charge in [0.2, 0.25) is 0 Å². The van der Waals surface area contributed by atoms with Crippen LogP contribution in [0.1, 0.15) is 31.2 Å². The fourth-order valence-corrected chi connectivity index (χ4v) is 2.38. The third-order valence-corrected chi connectivity index (χ3v) is 3.37. The smallest absolute Gasteiger partial charge is 0.141 e. The van der Waals surface area contributed by atoms with Crippen LogP contribution in [0.2, 0.25) is 0 Å². The van der Waals surface area contributed by atoms with Crippen LogP contribution in [0.25, 0.3) is 0 Å². The molecule has 4 heteroatoms. The number of hydrogen-bond donors (Lipinski definition) is 2. The zero-order chi connectivity index (χ0) is 12.1. The highest BCUT2D eigenvalue weighted by molar-refractivity contribution is 5.09. The minimum absolute atomic E-state index is 0.179. The van der Waals surface area contributed by atoms with Gasteiger partial charge in [-0.05, 0) is 30.4 Å². The maximum absolute atomic E-state index is 12.9. The third kappa shape index (κ3) is 3.75. The van der Waals surface area contributed by atoms with E-state index in [-0.39, 0.29) is 11.9 Å². The van der Waals surface area contributed by atoms with Gasteiger partial charge in [0.25, 0.3) is 0 Å². The molecule has 0 bridgehead atoms. The number of hydrogen-bond acceptors (Lipinski definition) is 3. The summed E-state index contributed by atoms with van der Waals surface area (Å²) < 4.78 is 12.9. The Morgan fingerprint density at radius 1 is 1.35 bits per heavy atom. The second-order valence-electron chi connectivity index (χ2n) is 4.75. The Balaban J connectivity index is 1.75. The molecule has 0 spiro atoms. The van der Waals surface area contributed by atoms with Crippen molar-refractivity contribution in [1.82, 2.24) is 10.3 Å². The van der Waals surface area contributed by atoms with Crippen molar-refractivity contribution in [2.75, 3.05) is 6.54 Å². The van der Waals surface area contributed by atoms with E-state index in [2.05, 4.69) is 10.3 Å². The van der Waals surface area contributed by atoms with E-state index in [9.17, 15) is 9.50 Å². The van der Waals surface area contributed by atoms with Crippen molar-refractivity contribution in [3.63, 3.8) is 0 Å². The zero-order valence-corrected chi connectivity index (χ0v) is 9.90. The standard InChI is InChI=1S/C13H19FN2O/c14-12-5-10(7-16-9-12)6-15-8-11-3-1-2-4-13(11)17/h5,7,9,11,13,15,17H,1-4,6,8H2. The molecule has 3 nitrogen and oxygen atoms in total. The molecule has 1 aromatic rings. The second-order valence-corrected chi connectivity index (χ2v) is 4.75.